The lowest BCUT2D eigenvalue weighted by Crippen LogP contribution is -2.31. The van der Waals surface area contributed by atoms with E-state index in [9.17, 15) is 19.2 Å². The van der Waals surface area contributed by atoms with Gasteiger partial charge in [-0.3, -0.25) is 19.9 Å². The molecule has 0 aromatic heterocycles. The number of amides is 2. The lowest BCUT2D eigenvalue weighted by Gasteiger charge is -2.16. The molecule has 0 atom stereocenters. The van der Waals surface area contributed by atoms with E-state index in [1.54, 1.807) is 31.2 Å². The number of hydrazone groups is 1. The summed E-state index contributed by atoms with van der Waals surface area (Å²) in [6, 6.07) is 9.60. The van der Waals surface area contributed by atoms with Crippen molar-refractivity contribution >= 4 is 35.2 Å². The minimum absolute atomic E-state index is 0.00542. The molecule has 0 spiro atoms. The maximum Gasteiger partial charge on any atom is 0.354 e. The van der Waals surface area contributed by atoms with Crippen LogP contribution in [0.4, 0.5) is 5.69 Å². The fraction of sp³-hybridized carbons (Fsp3) is 0.320. The zero-order valence-electron chi connectivity index (χ0n) is 20.5. The summed E-state index contributed by atoms with van der Waals surface area (Å²) in [5.74, 6) is -1.60. The molecular weight excluding hydrogens is 470 g/mol. The van der Waals surface area contributed by atoms with Gasteiger partial charge in [-0.15, -0.1) is 0 Å². The van der Waals surface area contributed by atoms with Crippen LogP contribution >= 0.6 is 0 Å². The molecule has 0 bridgehead atoms. The van der Waals surface area contributed by atoms with Crippen molar-refractivity contribution in [3.05, 3.63) is 53.1 Å². The molecule has 11 nitrogen and oxygen atoms in total. The van der Waals surface area contributed by atoms with Crippen LogP contribution in [-0.2, 0) is 14.3 Å². The zero-order valence-corrected chi connectivity index (χ0v) is 20.5. The number of anilines is 1. The number of esters is 2. The van der Waals surface area contributed by atoms with Crippen LogP contribution in [0, 0.1) is 0 Å². The zero-order chi connectivity index (χ0) is 26.2. The van der Waals surface area contributed by atoms with Gasteiger partial charge in [-0.05, 0) is 37.6 Å². The van der Waals surface area contributed by atoms with Gasteiger partial charge in [0.15, 0.2) is 11.5 Å². The Morgan fingerprint density at radius 1 is 0.972 bits per heavy atom. The number of imide groups is 1. The average Bonchev–Trinajstić information content (AvgIpc) is 3.14. The van der Waals surface area contributed by atoms with E-state index < -0.39 is 11.9 Å². The number of nitrogens with one attached hydrogen (secondary N) is 1. The average molecular weight is 498 g/mol. The first-order valence-electron chi connectivity index (χ1n) is 11.2. The van der Waals surface area contributed by atoms with Gasteiger partial charge in [-0.2, -0.15) is 5.10 Å². The predicted octanol–water partition coefficient (Wildman–Crippen LogP) is 2.90. The Hall–Kier alpha value is -4.41. The fourth-order valence-electron chi connectivity index (χ4n) is 3.71. The Morgan fingerprint density at radius 3 is 2.19 bits per heavy atom. The summed E-state index contributed by atoms with van der Waals surface area (Å²) in [6.45, 7) is 1.86. The molecule has 0 saturated heterocycles. The maximum atomic E-state index is 12.6. The van der Waals surface area contributed by atoms with Crippen LogP contribution in [0.25, 0.3) is 0 Å². The van der Waals surface area contributed by atoms with Crippen LogP contribution in [0.5, 0.6) is 11.5 Å². The molecule has 36 heavy (non-hydrogen) atoms. The fourth-order valence-corrected chi connectivity index (χ4v) is 3.71. The minimum Gasteiger partial charge on any atom is -0.493 e. The van der Waals surface area contributed by atoms with Crippen molar-refractivity contribution in [2.75, 3.05) is 39.9 Å². The van der Waals surface area contributed by atoms with Crippen LogP contribution in [0.1, 0.15) is 50.8 Å². The van der Waals surface area contributed by atoms with Crippen LogP contribution in [-0.4, -0.2) is 68.8 Å². The first-order valence-corrected chi connectivity index (χ1v) is 11.2. The van der Waals surface area contributed by atoms with Gasteiger partial charge < -0.3 is 18.9 Å². The van der Waals surface area contributed by atoms with E-state index in [2.05, 4.69) is 10.5 Å². The first kappa shape index (κ1) is 26.2. The van der Waals surface area contributed by atoms with Crippen LogP contribution in [0.3, 0.4) is 0 Å². The van der Waals surface area contributed by atoms with E-state index >= 15 is 0 Å². The summed E-state index contributed by atoms with van der Waals surface area (Å²) < 4.78 is 20.6. The summed E-state index contributed by atoms with van der Waals surface area (Å²) in [5.41, 5.74) is 3.64. The van der Waals surface area contributed by atoms with E-state index in [-0.39, 0.29) is 60.5 Å². The second-order valence-corrected chi connectivity index (χ2v) is 7.52. The summed E-state index contributed by atoms with van der Waals surface area (Å²) in [6.07, 6.45) is 0.336. The van der Waals surface area contributed by atoms with Crippen LogP contribution in [0.2, 0.25) is 0 Å². The lowest BCUT2D eigenvalue weighted by molar-refractivity contribution is -0.135. The summed E-state index contributed by atoms with van der Waals surface area (Å²) in [7, 11) is 4.06. The summed E-state index contributed by atoms with van der Waals surface area (Å²) in [5, 5.41) is 4.18. The number of methoxy groups -OCH3 is 3. The van der Waals surface area contributed by atoms with Gasteiger partial charge in [0.05, 0.1) is 44.6 Å². The number of carbonyl (C=O) groups excluding carboxylic acids is 4. The van der Waals surface area contributed by atoms with Crippen molar-refractivity contribution in [1.29, 1.82) is 0 Å². The lowest BCUT2D eigenvalue weighted by atomic mass is 10.1. The number of benzene rings is 2. The quantitative estimate of drug-likeness (QED) is 0.215. The van der Waals surface area contributed by atoms with E-state index in [4.69, 9.17) is 18.9 Å². The number of nitrogens with zero attached hydrogens (tertiary/aromatic N) is 2. The van der Waals surface area contributed by atoms with Gasteiger partial charge in [-0.25, -0.2) is 9.59 Å². The Morgan fingerprint density at radius 2 is 1.64 bits per heavy atom. The van der Waals surface area contributed by atoms with Crippen molar-refractivity contribution in [3.63, 3.8) is 0 Å². The Kier molecular flexibility index (Phi) is 8.61. The number of hydrogen-bond acceptors (Lipinski definition) is 10. The summed E-state index contributed by atoms with van der Waals surface area (Å²) >= 11 is 0. The van der Waals surface area contributed by atoms with Gasteiger partial charge in [-0.1, -0.05) is 12.1 Å². The van der Waals surface area contributed by atoms with E-state index in [0.29, 0.717) is 16.9 Å². The molecule has 1 aliphatic heterocycles. The molecule has 0 aliphatic carbocycles. The van der Waals surface area contributed by atoms with E-state index in [1.165, 1.54) is 33.5 Å². The molecule has 0 saturated carbocycles. The molecule has 2 aromatic rings. The van der Waals surface area contributed by atoms with Gasteiger partial charge >= 0.3 is 11.9 Å². The highest BCUT2D eigenvalue weighted by molar-refractivity contribution is 6.36. The standard InChI is InChI=1S/C25H27N3O8/c1-5-36-25(32)18(11-8-14-28-22(29)15-9-6-7-10-16(15)23(28)30)26-27-20-17(24(31)35-4)12-13-19(33-2)21(20)34-3/h6-7,9-10,12-13,27H,5,8,11,14H2,1-4H3/b26-18+. The number of hydrogen-bond donors (Lipinski definition) is 1. The van der Waals surface area contributed by atoms with Crippen LogP contribution < -0.4 is 14.9 Å². The third-order valence-corrected chi connectivity index (χ3v) is 5.44. The maximum absolute atomic E-state index is 12.6. The normalized spacial score (nSPS) is 12.8. The highest BCUT2D eigenvalue weighted by Crippen LogP contribution is 2.38. The van der Waals surface area contributed by atoms with Crippen molar-refractivity contribution in [2.45, 2.75) is 19.8 Å². The summed E-state index contributed by atoms with van der Waals surface area (Å²) in [4.78, 5) is 51.2. The largest absolute Gasteiger partial charge is 0.493 e. The topological polar surface area (TPSA) is 133 Å². The van der Waals surface area contributed by atoms with Gasteiger partial charge in [0, 0.05) is 13.0 Å². The molecule has 0 fully saturated rings. The van der Waals surface area contributed by atoms with Crippen molar-refractivity contribution < 1.29 is 38.1 Å². The molecule has 2 amide bonds. The Balaban J connectivity index is 1.82. The smallest absolute Gasteiger partial charge is 0.354 e. The van der Waals surface area contributed by atoms with Crippen molar-refractivity contribution in [2.24, 2.45) is 5.10 Å². The molecule has 1 N–H and O–H groups in total. The predicted molar refractivity (Wildman–Crippen MR) is 130 cm³/mol. The number of ether oxygens (including phenoxy) is 4. The molecular formula is C25H27N3O8. The third-order valence-electron chi connectivity index (χ3n) is 5.44. The second kappa shape index (κ2) is 11.8. The third kappa shape index (κ3) is 5.29. The van der Waals surface area contributed by atoms with Crippen molar-refractivity contribution in [1.82, 2.24) is 4.90 Å². The number of fused-ring (bicyclic) bond motifs is 1. The molecule has 190 valence electrons. The Labute approximate surface area is 208 Å². The molecule has 0 radical (unpaired) electrons. The van der Waals surface area contributed by atoms with E-state index in [0.717, 1.165) is 4.90 Å². The van der Waals surface area contributed by atoms with Crippen molar-refractivity contribution in [3.8, 4) is 11.5 Å². The molecule has 3 rings (SSSR count). The second-order valence-electron chi connectivity index (χ2n) is 7.52. The van der Waals surface area contributed by atoms with E-state index in [1.807, 2.05) is 0 Å². The highest BCUT2D eigenvalue weighted by atomic mass is 16.5. The van der Waals surface area contributed by atoms with Crippen LogP contribution in [0.15, 0.2) is 41.5 Å². The minimum atomic E-state index is -0.686. The molecule has 0 unspecified atom stereocenters. The SMILES string of the molecule is CCOC(=O)/C(CCCN1C(=O)c2ccccc2C1=O)=N/Nc1c(C(=O)OC)ccc(OC)c1OC. The number of carbonyl (C=O) groups is 4. The monoisotopic (exact) mass is 497 g/mol. The highest BCUT2D eigenvalue weighted by Gasteiger charge is 2.34. The van der Waals surface area contributed by atoms with Gasteiger partial charge in [0.1, 0.15) is 11.4 Å². The number of rotatable bonds is 11. The first-order chi connectivity index (χ1) is 17.4. The molecule has 11 heteroatoms. The van der Waals surface area contributed by atoms with Gasteiger partial charge in [0.25, 0.3) is 11.8 Å². The molecule has 1 heterocycles. The Bertz CT molecular complexity index is 1170. The molecule has 2 aromatic carbocycles. The molecule has 1 aliphatic rings. The van der Waals surface area contributed by atoms with Gasteiger partial charge in [0.2, 0.25) is 0 Å².